The Morgan fingerprint density at radius 1 is 1.19 bits per heavy atom. The Kier molecular flexibility index (Phi) is 2.65. The van der Waals surface area contributed by atoms with Crippen molar-refractivity contribution in [1.29, 1.82) is 0 Å². The average molecular weight is 285 g/mol. The van der Waals surface area contributed by atoms with Gasteiger partial charge in [0.2, 0.25) is 5.91 Å². The summed E-state index contributed by atoms with van der Waals surface area (Å²) in [5, 5.41) is 12.0. The molecule has 110 valence electrons. The zero-order valence-corrected chi connectivity index (χ0v) is 12.0. The summed E-state index contributed by atoms with van der Waals surface area (Å²) in [6.45, 7) is 1.89. The Balaban J connectivity index is 1.51. The third-order valence-electron chi connectivity index (χ3n) is 5.78. The number of hydrogen-bond donors (Lipinski definition) is 2. The number of nitrogens with one attached hydrogen (secondary N) is 1. The molecule has 4 unspecified atom stereocenters. The molecule has 3 fully saturated rings. The van der Waals surface area contributed by atoms with E-state index in [1.54, 1.807) is 18.2 Å². The summed E-state index contributed by atoms with van der Waals surface area (Å²) in [5.74, 6) is 2.03. The van der Waals surface area contributed by atoms with Crippen molar-refractivity contribution < 1.29 is 14.7 Å². The Bertz CT molecular complexity index is 623. The average Bonchev–Trinajstić information content (AvgIpc) is 2.90. The zero-order chi connectivity index (χ0) is 14.7. The van der Waals surface area contributed by atoms with E-state index in [0.717, 1.165) is 17.4 Å². The molecular weight excluding hydrogens is 266 g/mol. The largest absolute Gasteiger partial charge is 0.478 e. The molecule has 4 rings (SSSR count). The fourth-order valence-corrected chi connectivity index (χ4v) is 4.78. The number of carboxylic acids is 1. The standard InChI is InChI=1S/C17H19NO3/c1-8-2-3-11(17(20)21)7-12(8)18-16(19)15-13-9-4-5-10(6-9)14(13)15/h2-3,7,9-10,13-15H,4-6H2,1H3,(H,18,19)(H,20,21). The van der Waals surface area contributed by atoms with Gasteiger partial charge in [0.1, 0.15) is 0 Å². The van der Waals surface area contributed by atoms with Crippen LogP contribution in [0.2, 0.25) is 0 Å². The first-order chi connectivity index (χ1) is 10.1. The molecule has 2 N–H and O–H groups in total. The third-order valence-corrected chi connectivity index (χ3v) is 5.78. The van der Waals surface area contributed by atoms with Crippen molar-refractivity contribution in [3.05, 3.63) is 29.3 Å². The normalized spacial score (nSPS) is 35.4. The van der Waals surface area contributed by atoms with Gasteiger partial charge in [-0.15, -0.1) is 0 Å². The molecule has 0 radical (unpaired) electrons. The summed E-state index contributed by atoms with van der Waals surface area (Å²) in [6.07, 6.45) is 3.92. The number of benzene rings is 1. The van der Waals surface area contributed by atoms with Crippen molar-refractivity contribution in [3.8, 4) is 0 Å². The van der Waals surface area contributed by atoms with Gasteiger partial charge >= 0.3 is 5.97 Å². The molecule has 0 aromatic heterocycles. The second-order valence-electron chi connectivity index (χ2n) is 6.84. The first-order valence-corrected chi connectivity index (χ1v) is 7.71. The fourth-order valence-electron chi connectivity index (χ4n) is 4.78. The van der Waals surface area contributed by atoms with Crippen LogP contribution in [0, 0.1) is 36.5 Å². The molecule has 3 aliphatic rings. The Labute approximate surface area is 123 Å². The third kappa shape index (κ3) is 1.88. The van der Waals surface area contributed by atoms with Gasteiger partial charge in [-0.3, -0.25) is 4.79 Å². The Morgan fingerprint density at radius 3 is 2.48 bits per heavy atom. The molecule has 0 saturated heterocycles. The molecule has 2 bridgehead atoms. The second kappa shape index (κ2) is 4.33. The molecule has 21 heavy (non-hydrogen) atoms. The molecule has 4 atom stereocenters. The van der Waals surface area contributed by atoms with Gasteiger partial charge in [-0.25, -0.2) is 4.79 Å². The summed E-state index contributed by atoms with van der Waals surface area (Å²) in [4.78, 5) is 23.5. The van der Waals surface area contributed by atoms with E-state index < -0.39 is 5.97 Å². The molecule has 3 aliphatic carbocycles. The fraction of sp³-hybridized carbons (Fsp3) is 0.529. The highest BCUT2D eigenvalue weighted by Crippen LogP contribution is 2.69. The second-order valence-corrected chi connectivity index (χ2v) is 6.84. The highest BCUT2D eigenvalue weighted by Gasteiger charge is 2.67. The van der Waals surface area contributed by atoms with Crippen LogP contribution in [-0.2, 0) is 4.79 Å². The van der Waals surface area contributed by atoms with Gasteiger partial charge in [0, 0.05) is 11.6 Å². The van der Waals surface area contributed by atoms with Crippen molar-refractivity contribution in [2.75, 3.05) is 5.32 Å². The van der Waals surface area contributed by atoms with Crippen LogP contribution >= 0.6 is 0 Å². The van der Waals surface area contributed by atoms with Crippen LogP contribution in [0.25, 0.3) is 0 Å². The lowest BCUT2D eigenvalue weighted by atomic mass is 10.0. The molecule has 4 heteroatoms. The number of carbonyl (C=O) groups excluding carboxylic acids is 1. The molecule has 4 nitrogen and oxygen atoms in total. The van der Waals surface area contributed by atoms with Crippen molar-refractivity contribution >= 4 is 17.6 Å². The first-order valence-electron chi connectivity index (χ1n) is 7.71. The minimum Gasteiger partial charge on any atom is -0.478 e. The van der Waals surface area contributed by atoms with E-state index in [0.29, 0.717) is 17.5 Å². The summed E-state index contributed by atoms with van der Waals surface area (Å²) in [7, 11) is 0. The van der Waals surface area contributed by atoms with E-state index in [1.165, 1.54) is 19.3 Å². The number of amides is 1. The van der Waals surface area contributed by atoms with Crippen LogP contribution in [0.5, 0.6) is 0 Å². The van der Waals surface area contributed by atoms with Crippen LogP contribution in [0.4, 0.5) is 5.69 Å². The minimum atomic E-state index is -0.966. The van der Waals surface area contributed by atoms with E-state index in [-0.39, 0.29) is 17.4 Å². The molecule has 1 amide bonds. The summed E-state index contributed by atoms with van der Waals surface area (Å²) >= 11 is 0. The monoisotopic (exact) mass is 285 g/mol. The number of rotatable bonds is 3. The smallest absolute Gasteiger partial charge is 0.335 e. The maximum atomic E-state index is 12.5. The molecule has 1 aromatic rings. The van der Waals surface area contributed by atoms with Crippen LogP contribution in [0.1, 0.15) is 35.2 Å². The lowest BCUT2D eigenvalue weighted by Crippen LogP contribution is -2.19. The lowest BCUT2D eigenvalue weighted by Gasteiger charge is -2.12. The molecule has 0 spiro atoms. The van der Waals surface area contributed by atoms with E-state index in [1.807, 2.05) is 6.92 Å². The van der Waals surface area contributed by atoms with Crippen molar-refractivity contribution in [2.24, 2.45) is 29.6 Å². The number of carboxylic acid groups (broad SMARTS) is 1. The Hall–Kier alpha value is -1.84. The summed E-state index contributed by atoms with van der Waals surface area (Å²) in [6, 6.07) is 4.87. The van der Waals surface area contributed by atoms with Crippen LogP contribution in [0.15, 0.2) is 18.2 Å². The minimum absolute atomic E-state index is 0.0900. The predicted molar refractivity (Wildman–Crippen MR) is 78.1 cm³/mol. The molecule has 0 aliphatic heterocycles. The maximum Gasteiger partial charge on any atom is 0.335 e. The van der Waals surface area contributed by atoms with E-state index in [2.05, 4.69) is 5.32 Å². The highest BCUT2D eigenvalue weighted by atomic mass is 16.4. The van der Waals surface area contributed by atoms with Crippen molar-refractivity contribution in [3.63, 3.8) is 0 Å². The van der Waals surface area contributed by atoms with Gasteiger partial charge in [0.05, 0.1) is 5.56 Å². The molecule has 0 heterocycles. The van der Waals surface area contributed by atoms with E-state index >= 15 is 0 Å². The first kappa shape index (κ1) is 12.9. The molecule has 1 aromatic carbocycles. The van der Waals surface area contributed by atoms with Crippen LogP contribution in [-0.4, -0.2) is 17.0 Å². The van der Waals surface area contributed by atoms with Crippen LogP contribution < -0.4 is 5.32 Å². The van der Waals surface area contributed by atoms with Gasteiger partial charge in [0.25, 0.3) is 0 Å². The number of anilines is 1. The molecule has 3 saturated carbocycles. The van der Waals surface area contributed by atoms with Crippen LogP contribution in [0.3, 0.4) is 0 Å². The number of aryl methyl sites for hydroxylation is 1. The quantitative estimate of drug-likeness (QED) is 0.897. The van der Waals surface area contributed by atoms with E-state index in [9.17, 15) is 9.59 Å². The van der Waals surface area contributed by atoms with Gasteiger partial charge in [-0.05, 0) is 67.6 Å². The highest BCUT2D eigenvalue weighted by molar-refractivity contribution is 5.97. The van der Waals surface area contributed by atoms with Gasteiger partial charge in [-0.1, -0.05) is 6.07 Å². The maximum absolute atomic E-state index is 12.5. The van der Waals surface area contributed by atoms with Gasteiger partial charge < -0.3 is 10.4 Å². The SMILES string of the molecule is Cc1ccc(C(=O)O)cc1NC(=O)C1C2C3CCC(C3)C12. The predicted octanol–water partition coefficient (Wildman–Crippen LogP) is 2.92. The summed E-state index contributed by atoms with van der Waals surface area (Å²) < 4.78 is 0. The topological polar surface area (TPSA) is 66.4 Å². The Morgan fingerprint density at radius 2 is 1.86 bits per heavy atom. The van der Waals surface area contributed by atoms with Gasteiger partial charge in [0.15, 0.2) is 0 Å². The van der Waals surface area contributed by atoms with Gasteiger partial charge in [-0.2, -0.15) is 0 Å². The van der Waals surface area contributed by atoms with Crippen molar-refractivity contribution in [1.82, 2.24) is 0 Å². The number of fused-ring (bicyclic) bond motifs is 5. The van der Waals surface area contributed by atoms with E-state index in [4.69, 9.17) is 5.11 Å². The number of aromatic carboxylic acids is 1. The van der Waals surface area contributed by atoms with Crippen molar-refractivity contribution in [2.45, 2.75) is 26.2 Å². The summed E-state index contributed by atoms with van der Waals surface area (Å²) in [5.41, 5.74) is 1.76. The number of carbonyl (C=O) groups is 2. The lowest BCUT2D eigenvalue weighted by molar-refractivity contribution is -0.118. The zero-order valence-electron chi connectivity index (χ0n) is 12.0. The molecular formula is C17H19NO3. The number of hydrogen-bond acceptors (Lipinski definition) is 2.